The van der Waals surface area contributed by atoms with Crippen LogP contribution in [0.4, 0.5) is 10.1 Å². The van der Waals surface area contributed by atoms with Gasteiger partial charge in [-0.2, -0.15) is 0 Å². The van der Waals surface area contributed by atoms with Gasteiger partial charge in [0.1, 0.15) is 5.82 Å². The summed E-state index contributed by atoms with van der Waals surface area (Å²) in [4.78, 5) is 10.4. The molecule has 1 aromatic carbocycles. The number of hydrogen-bond donors (Lipinski definition) is 0. The van der Waals surface area contributed by atoms with Crippen LogP contribution in [0.15, 0.2) is 12.1 Å². The van der Waals surface area contributed by atoms with Crippen molar-refractivity contribution in [3.63, 3.8) is 0 Å². The SMILES string of the molecule is Cc1cc(F)c(B2OC(C)(C)C(C)(C)O2)cc1[N+](=O)[O-]. The van der Waals surface area contributed by atoms with Crippen molar-refractivity contribution >= 4 is 18.3 Å². The molecule has 1 aliphatic rings. The Morgan fingerprint density at radius 1 is 1.20 bits per heavy atom. The Morgan fingerprint density at radius 3 is 2.15 bits per heavy atom. The molecule has 0 bridgehead atoms. The molecule has 0 N–H and O–H groups in total. The Labute approximate surface area is 117 Å². The molecule has 0 spiro atoms. The molecule has 0 radical (unpaired) electrons. The van der Waals surface area contributed by atoms with E-state index in [2.05, 4.69) is 0 Å². The lowest BCUT2D eigenvalue weighted by Gasteiger charge is -2.32. The van der Waals surface area contributed by atoms with Crippen LogP contribution in [0.5, 0.6) is 0 Å². The monoisotopic (exact) mass is 281 g/mol. The average molecular weight is 281 g/mol. The van der Waals surface area contributed by atoms with Crippen LogP contribution in [0, 0.1) is 22.9 Å². The number of halogens is 1. The van der Waals surface area contributed by atoms with Gasteiger partial charge in [0.15, 0.2) is 0 Å². The summed E-state index contributed by atoms with van der Waals surface area (Å²) in [6.45, 7) is 8.86. The molecule has 1 heterocycles. The van der Waals surface area contributed by atoms with Crippen LogP contribution in [-0.4, -0.2) is 23.2 Å². The fourth-order valence-corrected chi connectivity index (χ4v) is 2.02. The van der Waals surface area contributed by atoms with Gasteiger partial charge in [0.2, 0.25) is 0 Å². The summed E-state index contributed by atoms with van der Waals surface area (Å²) in [6.07, 6.45) is 0. The van der Waals surface area contributed by atoms with E-state index in [0.717, 1.165) is 6.07 Å². The molecule has 0 atom stereocenters. The molecule has 7 heteroatoms. The van der Waals surface area contributed by atoms with Gasteiger partial charge in [0.05, 0.1) is 16.1 Å². The van der Waals surface area contributed by atoms with E-state index in [-0.39, 0.29) is 16.7 Å². The van der Waals surface area contributed by atoms with E-state index < -0.39 is 29.1 Å². The summed E-state index contributed by atoms with van der Waals surface area (Å²) >= 11 is 0. The van der Waals surface area contributed by atoms with Gasteiger partial charge in [-0.1, -0.05) is 0 Å². The van der Waals surface area contributed by atoms with E-state index in [1.54, 1.807) is 0 Å². The zero-order valence-electron chi connectivity index (χ0n) is 12.2. The van der Waals surface area contributed by atoms with Gasteiger partial charge >= 0.3 is 7.12 Å². The molecule has 108 valence electrons. The van der Waals surface area contributed by atoms with Crippen LogP contribution < -0.4 is 5.46 Å². The van der Waals surface area contributed by atoms with Crippen LogP contribution >= 0.6 is 0 Å². The third-order valence-electron chi connectivity index (χ3n) is 4.02. The Bertz CT molecular complexity index is 558. The summed E-state index contributed by atoms with van der Waals surface area (Å²) in [5.74, 6) is -0.563. The number of rotatable bonds is 2. The van der Waals surface area contributed by atoms with Crippen molar-refractivity contribution in [2.75, 3.05) is 0 Å². The molecule has 0 unspecified atom stereocenters. The molecule has 0 aromatic heterocycles. The lowest BCUT2D eigenvalue weighted by molar-refractivity contribution is -0.385. The highest BCUT2D eigenvalue weighted by Crippen LogP contribution is 2.37. The van der Waals surface area contributed by atoms with E-state index in [0.29, 0.717) is 0 Å². The Kier molecular flexibility index (Phi) is 3.38. The van der Waals surface area contributed by atoms with Crippen LogP contribution in [-0.2, 0) is 9.31 Å². The Morgan fingerprint density at radius 2 is 1.70 bits per heavy atom. The molecular weight excluding hydrogens is 264 g/mol. The number of nitrogens with zero attached hydrogens (tertiary/aromatic N) is 1. The second kappa shape index (κ2) is 4.53. The minimum absolute atomic E-state index is 0.0564. The van der Waals surface area contributed by atoms with Crippen LogP contribution in [0.1, 0.15) is 33.3 Å². The second-order valence-corrected chi connectivity index (χ2v) is 6.01. The topological polar surface area (TPSA) is 61.6 Å². The lowest BCUT2D eigenvalue weighted by atomic mass is 9.78. The molecule has 1 saturated heterocycles. The highest BCUT2D eigenvalue weighted by molar-refractivity contribution is 6.62. The van der Waals surface area contributed by atoms with Crippen LogP contribution in [0.3, 0.4) is 0 Å². The molecule has 5 nitrogen and oxygen atoms in total. The first kappa shape index (κ1) is 14.9. The molecule has 20 heavy (non-hydrogen) atoms. The van der Waals surface area contributed by atoms with E-state index in [4.69, 9.17) is 9.31 Å². The van der Waals surface area contributed by atoms with Gasteiger partial charge in [-0.15, -0.1) is 0 Å². The summed E-state index contributed by atoms with van der Waals surface area (Å²) < 4.78 is 25.5. The maximum Gasteiger partial charge on any atom is 0.498 e. The number of nitro groups is 1. The summed E-state index contributed by atoms with van der Waals surface area (Å²) in [7, 11) is -0.945. The fourth-order valence-electron chi connectivity index (χ4n) is 2.02. The van der Waals surface area contributed by atoms with Crippen LogP contribution in [0.2, 0.25) is 0 Å². The van der Waals surface area contributed by atoms with E-state index >= 15 is 0 Å². The van der Waals surface area contributed by atoms with Gasteiger partial charge in [0, 0.05) is 17.1 Å². The fraction of sp³-hybridized carbons (Fsp3) is 0.538. The molecule has 2 rings (SSSR count). The van der Waals surface area contributed by atoms with E-state index in [1.807, 2.05) is 27.7 Å². The molecule has 1 aliphatic heterocycles. The predicted octanol–water partition coefficient (Wildman–Crippen LogP) is 2.34. The van der Waals surface area contributed by atoms with Crippen molar-refractivity contribution < 1.29 is 18.6 Å². The highest BCUT2D eigenvalue weighted by Gasteiger charge is 2.52. The first-order chi connectivity index (χ1) is 9.05. The van der Waals surface area contributed by atoms with Crippen LogP contribution in [0.25, 0.3) is 0 Å². The minimum Gasteiger partial charge on any atom is -0.399 e. The first-order valence-electron chi connectivity index (χ1n) is 6.35. The third-order valence-corrected chi connectivity index (χ3v) is 4.02. The Hall–Kier alpha value is -1.47. The third kappa shape index (κ3) is 2.31. The van der Waals surface area contributed by atoms with Gasteiger partial charge in [-0.05, 0) is 40.7 Å². The quantitative estimate of drug-likeness (QED) is 0.474. The standard InChI is InChI=1S/C13H17BFNO4/c1-8-6-10(15)9(7-11(8)16(17)18)14-19-12(2,3)13(4,5)20-14/h6-7H,1-5H3. The predicted molar refractivity (Wildman–Crippen MR) is 73.5 cm³/mol. The largest absolute Gasteiger partial charge is 0.498 e. The van der Waals surface area contributed by atoms with Crippen molar-refractivity contribution in [2.45, 2.75) is 45.8 Å². The maximum absolute atomic E-state index is 14.1. The number of aryl methyl sites for hydroxylation is 1. The lowest BCUT2D eigenvalue weighted by Crippen LogP contribution is -2.41. The Balaban J connectivity index is 2.45. The van der Waals surface area contributed by atoms with E-state index in [9.17, 15) is 14.5 Å². The van der Waals surface area contributed by atoms with Gasteiger partial charge < -0.3 is 9.31 Å². The smallest absolute Gasteiger partial charge is 0.399 e. The van der Waals surface area contributed by atoms with Crippen molar-refractivity contribution in [1.29, 1.82) is 0 Å². The average Bonchev–Trinajstić information content (AvgIpc) is 2.47. The van der Waals surface area contributed by atoms with Crippen molar-refractivity contribution in [3.05, 3.63) is 33.6 Å². The highest BCUT2D eigenvalue weighted by atomic mass is 19.1. The molecule has 0 saturated carbocycles. The molecule has 0 aliphatic carbocycles. The number of nitro benzene ring substituents is 1. The minimum atomic E-state index is -0.945. The second-order valence-electron chi connectivity index (χ2n) is 6.01. The van der Waals surface area contributed by atoms with E-state index in [1.165, 1.54) is 13.0 Å². The zero-order valence-corrected chi connectivity index (χ0v) is 12.2. The first-order valence-corrected chi connectivity index (χ1v) is 6.35. The van der Waals surface area contributed by atoms with Crippen molar-refractivity contribution in [3.8, 4) is 0 Å². The molecular formula is C13H17BFNO4. The van der Waals surface area contributed by atoms with Crippen molar-refractivity contribution in [2.24, 2.45) is 0 Å². The summed E-state index contributed by atoms with van der Waals surface area (Å²) in [5, 5.41) is 11.0. The number of benzene rings is 1. The van der Waals surface area contributed by atoms with Gasteiger partial charge in [-0.3, -0.25) is 10.1 Å². The van der Waals surface area contributed by atoms with Gasteiger partial charge in [0.25, 0.3) is 5.69 Å². The maximum atomic E-state index is 14.1. The zero-order chi connectivity index (χ0) is 15.3. The molecule has 1 fully saturated rings. The van der Waals surface area contributed by atoms with Gasteiger partial charge in [-0.25, -0.2) is 4.39 Å². The molecule has 1 aromatic rings. The normalized spacial score (nSPS) is 20.2. The van der Waals surface area contributed by atoms with Crippen molar-refractivity contribution in [1.82, 2.24) is 0 Å². The molecule has 0 amide bonds. The summed E-state index contributed by atoms with van der Waals surface area (Å²) in [5.41, 5.74) is -1.06. The summed E-state index contributed by atoms with van der Waals surface area (Å²) in [6, 6.07) is 2.32. The number of hydrogen-bond acceptors (Lipinski definition) is 4.